The van der Waals surface area contributed by atoms with E-state index in [0.29, 0.717) is 37.3 Å². The van der Waals surface area contributed by atoms with E-state index in [9.17, 15) is 14.4 Å². The Morgan fingerprint density at radius 3 is 2.41 bits per heavy atom. The van der Waals surface area contributed by atoms with Crippen molar-refractivity contribution in [1.29, 1.82) is 0 Å². The van der Waals surface area contributed by atoms with Gasteiger partial charge in [-0.3, -0.25) is 4.79 Å². The molecule has 1 aliphatic heterocycles. The van der Waals surface area contributed by atoms with Gasteiger partial charge in [0.2, 0.25) is 0 Å². The zero-order chi connectivity index (χ0) is 20.0. The Balaban J connectivity index is 1.93. The topological polar surface area (TPSA) is 82.1 Å². The normalized spacial score (nSPS) is 17.2. The number of hydrogen-bond acceptors (Lipinski definition) is 6. The molecule has 27 heavy (non-hydrogen) atoms. The van der Waals surface area contributed by atoms with Crippen LogP contribution >= 0.6 is 0 Å². The van der Waals surface area contributed by atoms with E-state index in [-0.39, 0.29) is 6.54 Å². The summed E-state index contributed by atoms with van der Waals surface area (Å²) in [5.74, 6) is -0.874. The van der Waals surface area contributed by atoms with Gasteiger partial charge in [0.25, 0.3) is 0 Å². The van der Waals surface area contributed by atoms with Crippen LogP contribution in [0.25, 0.3) is 0 Å². The highest BCUT2D eigenvalue weighted by Gasteiger charge is 2.32. The summed E-state index contributed by atoms with van der Waals surface area (Å²) in [5, 5.41) is 0. The first-order chi connectivity index (χ1) is 12.7. The lowest BCUT2D eigenvalue weighted by molar-refractivity contribution is -0.140. The van der Waals surface area contributed by atoms with Crippen LogP contribution in [0.1, 0.15) is 50.9 Å². The molecular weight excluding hydrogens is 350 g/mol. The largest absolute Gasteiger partial charge is 0.462 e. The molecule has 1 aromatic rings. The van der Waals surface area contributed by atoms with E-state index in [0.717, 1.165) is 0 Å². The Kier molecular flexibility index (Phi) is 6.82. The van der Waals surface area contributed by atoms with E-state index in [2.05, 4.69) is 0 Å². The van der Waals surface area contributed by atoms with Crippen LogP contribution in [0.15, 0.2) is 24.3 Å². The molecule has 0 N–H and O–H groups in total. The third-order valence-electron chi connectivity index (χ3n) is 3.99. The number of benzene rings is 1. The Morgan fingerprint density at radius 1 is 1.15 bits per heavy atom. The van der Waals surface area contributed by atoms with Crippen molar-refractivity contribution in [3.05, 3.63) is 29.8 Å². The molecule has 148 valence electrons. The number of piperidine rings is 1. The number of esters is 2. The van der Waals surface area contributed by atoms with Gasteiger partial charge in [-0.15, -0.1) is 0 Å². The van der Waals surface area contributed by atoms with Crippen molar-refractivity contribution in [1.82, 2.24) is 4.90 Å². The standard InChI is InChI=1S/C20H27NO6/c1-5-25-17(22)14-8-10-16(11-9-14)26-18(23)15-7-6-12-21(13-15)19(24)27-20(2,3)4/h8-11,15H,5-7,12-13H2,1-4H3/t15-/m1/s1. The number of carbonyl (C=O) groups is 3. The van der Waals surface area contributed by atoms with Gasteiger partial charge in [-0.25, -0.2) is 9.59 Å². The van der Waals surface area contributed by atoms with Crippen molar-refractivity contribution < 1.29 is 28.6 Å². The van der Waals surface area contributed by atoms with E-state index < -0.39 is 29.6 Å². The van der Waals surface area contributed by atoms with Gasteiger partial charge in [-0.1, -0.05) is 0 Å². The van der Waals surface area contributed by atoms with Crippen molar-refractivity contribution in [2.24, 2.45) is 5.92 Å². The fraction of sp³-hybridized carbons (Fsp3) is 0.550. The molecule has 0 aliphatic carbocycles. The third-order valence-corrected chi connectivity index (χ3v) is 3.99. The fourth-order valence-electron chi connectivity index (χ4n) is 2.73. The van der Waals surface area contributed by atoms with E-state index in [4.69, 9.17) is 14.2 Å². The van der Waals surface area contributed by atoms with E-state index >= 15 is 0 Å². The van der Waals surface area contributed by atoms with Gasteiger partial charge in [0.15, 0.2) is 0 Å². The fourth-order valence-corrected chi connectivity index (χ4v) is 2.73. The molecule has 0 saturated carbocycles. The lowest BCUT2D eigenvalue weighted by Gasteiger charge is -2.33. The van der Waals surface area contributed by atoms with Gasteiger partial charge in [0.1, 0.15) is 11.4 Å². The summed E-state index contributed by atoms with van der Waals surface area (Å²) in [6.45, 7) is 8.29. The van der Waals surface area contributed by atoms with Gasteiger partial charge >= 0.3 is 18.0 Å². The summed E-state index contributed by atoms with van der Waals surface area (Å²) < 4.78 is 15.7. The Morgan fingerprint density at radius 2 is 1.81 bits per heavy atom. The van der Waals surface area contributed by atoms with Gasteiger partial charge in [-0.05, 0) is 64.8 Å². The number of ether oxygens (including phenoxy) is 3. The molecule has 1 atom stereocenters. The van der Waals surface area contributed by atoms with Crippen LogP contribution in [-0.4, -0.2) is 48.2 Å². The first-order valence-corrected chi connectivity index (χ1v) is 9.16. The smallest absolute Gasteiger partial charge is 0.410 e. The lowest BCUT2D eigenvalue weighted by atomic mass is 9.98. The second-order valence-corrected chi connectivity index (χ2v) is 7.43. The molecular formula is C20H27NO6. The number of hydrogen-bond donors (Lipinski definition) is 0. The second-order valence-electron chi connectivity index (χ2n) is 7.43. The van der Waals surface area contributed by atoms with Crippen LogP contribution in [0, 0.1) is 5.92 Å². The Labute approximate surface area is 159 Å². The number of amides is 1. The SMILES string of the molecule is CCOC(=O)c1ccc(OC(=O)[C@@H]2CCCN(C(=O)OC(C)(C)C)C2)cc1. The molecule has 7 heteroatoms. The highest BCUT2D eigenvalue weighted by Crippen LogP contribution is 2.22. The maximum atomic E-state index is 12.4. The molecule has 1 amide bonds. The van der Waals surface area contributed by atoms with Gasteiger partial charge < -0.3 is 19.1 Å². The van der Waals surface area contributed by atoms with Crippen molar-refractivity contribution in [3.63, 3.8) is 0 Å². The minimum Gasteiger partial charge on any atom is -0.462 e. The number of rotatable bonds is 4. The van der Waals surface area contributed by atoms with Crippen molar-refractivity contribution in [2.45, 2.75) is 46.1 Å². The molecule has 1 fully saturated rings. The van der Waals surface area contributed by atoms with Gasteiger partial charge in [-0.2, -0.15) is 0 Å². The summed E-state index contributed by atoms with van der Waals surface area (Å²) in [6.07, 6.45) is 0.943. The monoisotopic (exact) mass is 377 g/mol. The summed E-state index contributed by atoms with van der Waals surface area (Å²) in [6, 6.07) is 6.21. The number of carbonyl (C=O) groups excluding carboxylic acids is 3. The van der Waals surface area contributed by atoms with Gasteiger partial charge in [0, 0.05) is 13.1 Å². The van der Waals surface area contributed by atoms with Crippen LogP contribution in [0.3, 0.4) is 0 Å². The van der Waals surface area contributed by atoms with E-state index in [1.807, 2.05) is 0 Å². The highest BCUT2D eigenvalue weighted by molar-refractivity contribution is 5.89. The maximum Gasteiger partial charge on any atom is 0.410 e. The molecule has 1 heterocycles. The quantitative estimate of drug-likeness (QED) is 0.591. The van der Waals surface area contributed by atoms with Crippen molar-refractivity contribution in [2.75, 3.05) is 19.7 Å². The predicted molar refractivity (Wildman–Crippen MR) is 98.6 cm³/mol. The van der Waals surface area contributed by atoms with Crippen molar-refractivity contribution >= 4 is 18.0 Å². The molecule has 0 unspecified atom stereocenters. The predicted octanol–water partition coefficient (Wildman–Crippen LogP) is 3.42. The van der Waals surface area contributed by atoms with E-state index in [1.54, 1.807) is 56.9 Å². The molecule has 0 aromatic heterocycles. The molecule has 1 aromatic carbocycles. The molecule has 1 aliphatic rings. The summed E-state index contributed by atoms with van der Waals surface area (Å²) in [4.78, 5) is 37.8. The molecule has 0 bridgehead atoms. The summed E-state index contributed by atoms with van der Waals surface area (Å²) in [5.41, 5.74) is -0.184. The van der Waals surface area contributed by atoms with E-state index in [1.165, 1.54) is 0 Å². The zero-order valence-corrected chi connectivity index (χ0v) is 16.3. The first kappa shape index (κ1) is 20.7. The van der Waals surface area contributed by atoms with Crippen LogP contribution in [0.5, 0.6) is 5.75 Å². The third kappa shape index (κ3) is 6.27. The lowest BCUT2D eigenvalue weighted by Crippen LogP contribution is -2.45. The molecule has 0 spiro atoms. The first-order valence-electron chi connectivity index (χ1n) is 9.16. The molecule has 2 rings (SSSR count). The highest BCUT2D eigenvalue weighted by atomic mass is 16.6. The van der Waals surface area contributed by atoms with Crippen LogP contribution in [0.2, 0.25) is 0 Å². The average molecular weight is 377 g/mol. The summed E-state index contributed by atoms with van der Waals surface area (Å²) >= 11 is 0. The minimum atomic E-state index is -0.578. The average Bonchev–Trinajstić information content (AvgIpc) is 2.61. The number of likely N-dealkylation sites (tertiary alicyclic amines) is 1. The molecule has 0 radical (unpaired) electrons. The second kappa shape index (κ2) is 8.88. The Bertz CT molecular complexity index is 677. The van der Waals surface area contributed by atoms with Crippen LogP contribution < -0.4 is 4.74 Å². The maximum absolute atomic E-state index is 12.4. The molecule has 7 nitrogen and oxygen atoms in total. The summed E-state index contributed by atoms with van der Waals surface area (Å²) in [7, 11) is 0. The van der Waals surface area contributed by atoms with Crippen molar-refractivity contribution in [3.8, 4) is 5.75 Å². The molecule has 1 saturated heterocycles. The van der Waals surface area contributed by atoms with Crippen LogP contribution in [0.4, 0.5) is 4.79 Å². The van der Waals surface area contributed by atoms with Gasteiger partial charge in [0.05, 0.1) is 18.1 Å². The number of nitrogens with zero attached hydrogens (tertiary/aromatic N) is 1. The zero-order valence-electron chi connectivity index (χ0n) is 16.3. The Hall–Kier alpha value is -2.57. The minimum absolute atomic E-state index is 0.272. The van der Waals surface area contributed by atoms with Crippen LogP contribution in [-0.2, 0) is 14.3 Å².